The number of aryl methyl sites for hydroxylation is 1. The molecule has 0 aromatic carbocycles. The number of carbonyl (C=O) groups is 2. The van der Waals surface area contributed by atoms with Crippen LogP contribution in [-0.2, 0) is 22.6 Å². The normalized spacial score (nSPS) is 22.8. The number of nitrogens with one attached hydrogen (secondary N) is 1. The van der Waals surface area contributed by atoms with Crippen molar-refractivity contribution >= 4 is 11.8 Å². The zero-order valence-electron chi connectivity index (χ0n) is 16.2. The minimum absolute atomic E-state index is 0.160. The van der Waals surface area contributed by atoms with Crippen molar-refractivity contribution < 1.29 is 9.59 Å². The monoisotopic (exact) mass is 373 g/mol. The number of nitrogens with zero attached hydrogens (tertiary/aromatic N) is 4. The van der Waals surface area contributed by atoms with Gasteiger partial charge in [0.05, 0.1) is 0 Å². The van der Waals surface area contributed by atoms with Crippen molar-refractivity contribution in [3.63, 3.8) is 0 Å². The fourth-order valence-corrected chi connectivity index (χ4v) is 4.32. The third-order valence-electron chi connectivity index (χ3n) is 6.09. The van der Waals surface area contributed by atoms with E-state index in [2.05, 4.69) is 20.1 Å². The lowest BCUT2D eigenvalue weighted by molar-refractivity contribution is -0.132. The summed E-state index contributed by atoms with van der Waals surface area (Å²) in [5, 5.41) is 11.9. The molecule has 0 radical (unpaired) electrons. The van der Waals surface area contributed by atoms with Crippen molar-refractivity contribution in [1.29, 1.82) is 0 Å². The molecule has 1 N–H and O–H groups in total. The first-order chi connectivity index (χ1) is 13.2. The van der Waals surface area contributed by atoms with Crippen LogP contribution < -0.4 is 5.32 Å². The molecule has 1 aromatic heterocycles. The van der Waals surface area contributed by atoms with Gasteiger partial charge in [0.1, 0.15) is 11.6 Å². The molecule has 2 amide bonds. The highest BCUT2D eigenvalue weighted by Gasteiger charge is 2.30. The average molecular weight is 374 g/mol. The van der Waals surface area contributed by atoms with Gasteiger partial charge in [0.25, 0.3) is 0 Å². The molecule has 0 spiro atoms. The second kappa shape index (κ2) is 8.40. The van der Waals surface area contributed by atoms with Crippen molar-refractivity contribution in [3.05, 3.63) is 11.6 Å². The smallest absolute Gasteiger partial charge is 0.223 e. The van der Waals surface area contributed by atoms with Crippen molar-refractivity contribution in [1.82, 2.24) is 25.0 Å². The van der Waals surface area contributed by atoms with Gasteiger partial charge in [-0.2, -0.15) is 0 Å². The SMILES string of the molecule is O=C(NCCCC(=O)N1CCCC(c2nnc3n2CCCCC3)C1)C1CC1. The fraction of sp³-hybridized carbons (Fsp3) is 0.800. The van der Waals surface area contributed by atoms with Gasteiger partial charge in [-0.15, -0.1) is 10.2 Å². The largest absolute Gasteiger partial charge is 0.356 e. The summed E-state index contributed by atoms with van der Waals surface area (Å²) in [5.74, 6) is 3.11. The van der Waals surface area contributed by atoms with Gasteiger partial charge in [0, 0.05) is 50.9 Å². The molecule has 1 aromatic rings. The average Bonchev–Trinajstić information content (AvgIpc) is 3.50. The second-order valence-electron chi connectivity index (χ2n) is 8.28. The molecule has 1 unspecified atom stereocenters. The zero-order chi connectivity index (χ0) is 18.6. The lowest BCUT2D eigenvalue weighted by Gasteiger charge is -2.32. The summed E-state index contributed by atoms with van der Waals surface area (Å²) in [6.45, 7) is 3.22. The molecule has 0 bridgehead atoms. The third kappa shape index (κ3) is 4.50. The highest BCUT2D eigenvalue weighted by Crippen LogP contribution is 2.29. The number of carbonyl (C=O) groups excluding carboxylic acids is 2. The number of rotatable bonds is 6. The first-order valence-electron chi connectivity index (χ1n) is 10.7. The maximum atomic E-state index is 12.6. The van der Waals surface area contributed by atoms with E-state index in [1.165, 1.54) is 19.3 Å². The first-order valence-corrected chi connectivity index (χ1v) is 10.7. The van der Waals surface area contributed by atoms with Crippen LogP contribution in [0.1, 0.15) is 75.4 Å². The van der Waals surface area contributed by atoms with Gasteiger partial charge in [0.15, 0.2) is 0 Å². The second-order valence-corrected chi connectivity index (χ2v) is 8.28. The molecule has 4 rings (SSSR count). The number of likely N-dealkylation sites (tertiary alicyclic amines) is 1. The molecule has 148 valence electrons. The lowest BCUT2D eigenvalue weighted by Crippen LogP contribution is -2.40. The topological polar surface area (TPSA) is 80.1 Å². The van der Waals surface area contributed by atoms with Crippen LogP contribution in [0, 0.1) is 5.92 Å². The van der Waals surface area contributed by atoms with E-state index in [0.717, 1.165) is 69.8 Å². The molecule has 7 heteroatoms. The Labute approximate surface area is 160 Å². The molecule has 1 saturated carbocycles. The highest BCUT2D eigenvalue weighted by atomic mass is 16.2. The van der Waals surface area contributed by atoms with E-state index in [1.807, 2.05) is 4.90 Å². The summed E-state index contributed by atoms with van der Waals surface area (Å²) in [5.41, 5.74) is 0. The Morgan fingerprint density at radius 3 is 2.78 bits per heavy atom. The number of hydrogen-bond acceptors (Lipinski definition) is 4. The highest BCUT2D eigenvalue weighted by molar-refractivity contribution is 5.81. The Bertz CT molecular complexity index is 682. The van der Waals surface area contributed by atoms with Crippen LogP contribution in [0.3, 0.4) is 0 Å². The van der Waals surface area contributed by atoms with Gasteiger partial charge in [-0.05, 0) is 44.9 Å². The molecular weight excluding hydrogens is 342 g/mol. The zero-order valence-corrected chi connectivity index (χ0v) is 16.2. The minimum Gasteiger partial charge on any atom is -0.356 e. The maximum Gasteiger partial charge on any atom is 0.223 e. The third-order valence-corrected chi connectivity index (χ3v) is 6.09. The van der Waals surface area contributed by atoms with Crippen molar-refractivity contribution in [3.8, 4) is 0 Å². The van der Waals surface area contributed by atoms with Crippen LogP contribution in [0.25, 0.3) is 0 Å². The molecule has 7 nitrogen and oxygen atoms in total. The van der Waals surface area contributed by atoms with Crippen LogP contribution >= 0.6 is 0 Å². The van der Waals surface area contributed by atoms with Gasteiger partial charge in [-0.3, -0.25) is 9.59 Å². The van der Waals surface area contributed by atoms with Crippen LogP contribution in [-0.4, -0.2) is 51.1 Å². The molecular formula is C20H31N5O2. The van der Waals surface area contributed by atoms with Crippen molar-refractivity contribution in [2.24, 2.45) is 5.92 Å². The lowest BCUT2D eigenvalue weighted by atomic mass is 9.96. The van der Waals surface area contributed by atoms with Gasteiger partial charge in [0.2, 0.25) is 11.8 Å². The van der Waals surface area contributed by atoms with E-state index in [-0.39, 0.29) is 17.7 Å². The molecule has 2 aliphatic heterocycles. The Kier molecular flexibility index (Phi) is 5.74. The summed E-state index contributed by atoms with van der Waals surface area (Å²) >= 11 is 0. The summed E-state index contributed by atoms with van der Waals surface area (Å²) < 4.78 is 2.32. The quantitative estimate of drug-likeness (QED) is 0.774. The summed E-state index contributed by atoms with van der Waals surface area (Å²) in [7, 11) is 0. The predicted molar refractivity (Wildman–Crippen MR) is 101 cm³/mol. The Balaban J connectivity index is 1.28. The van der Waals surface area contributed by atoms with E-state index in [9.17, 15) is 9.59 Å². The van der Waals surface area contributed by atoms with Crippen LogP contribution in [0.5, 0.6) is 0 Å². The maximum absolute atomic E-state index is 12.6. The minimum atomic E-state index is 0.160. The Morgan fingerprint density at radius 2 is 1.93 bits per heavy atom. The number of fused-ring (bicyclic) bond motifs is 1. The molecule has 3 aliphatic rings. The Morgan fingerprint density at radius 1 is 1.04 bits per heavy atom. The van der Waals surface area contributed by atoms with E-state index in [0.29, 0.717) is 18.9 Å². The fourth-order valence-electron chi connectivity index (χ4n) is 4.32. The van der Waals surface area contributed by atoms with Crippen LogP contribution in [0.4, 0.5) is 0 Å². The van der Waals surface area contributed by atoms with Crippen LogP contribution in [0.15, 0.2) is 0 Å². The number of amides is 2. The summed E-state index contributed by atoms with van der Waals surface area (Å²) in [6, 6.07) is 0. The molecule has 1 atom stereocenters. The molecule has 1 saturated heterocycles. The first kappa shape index (κ1) is 18.4. The molecule has 1 aliphatic carbocycles. The van der Waals surface area contributed by atoms with Crippen molar-refractivity contribution in [2.45, 2.75) is 76.7 Å². The van der Waals surface area contributed by atoms with E-state index < -0.39 is 0 Å². The summed E-state index contributed by atoms with van der Waals surface area (Å²) in [6.07, 6.45) is 10.1. The number of aromatic nitrogens is 3. The predicted octanol–water partition coefficient (Wildman–Crippen LogP) is 2.02. The Hall–Kier alpha value is -1.92. The molecule has 2 fully saturated rings. The number of hydrogen-bond donors (Lipinski definition) is 1. The molecule has 3 heterocycles. The molecule has 27 heavy (non-hydrogen) atoms. The van der Waals surface area contributed by atoms with E-state index in [4.69, 9.17) is 0 Å². The van der Waals surface area contributed by atoms with Crippen molar-refractivity contribution in [2.75, 3.05) is 19.6 Å². The summed E-state index contributed by atoms with van der Waals surface area (Å²) in [4.78, 5) is 26.3. The van der Waals surface area contributed by atoms with Gasteiger partial charge in [-0.25, -0.2) is 0 Å². The standard InChI is InChI=1S/C20H31N5O2/c26-18(8-4-11-21-20(27)15-9-10-15)24-12-5-6-16(14-24)19-23-22-17-7-2-1-3-13-25(17)19/h15-16H,1-14H2,(H,21,27). The van der Waals surface area contributed by atoms with Gasteiger partial charge < -0.3 is 14.8 Å². The van der Waals surface area contributed by atoms with Gasteiger partial charge in [-0.1, -0.05) is 6.42 Å². The van der Waals surface area contributed by atoms with E-state index in [1.54, 1.807) is 0 Å². The van der Waals surface area contributed by atoms with Gasteiger partial charge >= 0.3 is 0 Å². The number of piperidine rings is 1. The van der Waals surface area contributed by atoms with Crippen LogP contribution in [0.2, 0.25) is 0 Å². The van der Waals surface area contributed by atoms with E-state index >= 15 is 0 Å².